The van der Waals surface area contributed by atoms with E-state index >= 15 is 0 Å². The number of aliphatic hydroxyl groups excluding tert-OH is 1. The first-order chi connectivity index (χ1) is 17.3. The molecule has 2 aromatic carbocycles. The lowest BCUT2D eigenvalue weighted by Crippen LogP contribution is -2.58. The SMILES string of the molecule is C=CCN(C(=O)C1N([C@@H](CC)CO)C(=O)[C@@H]2[C@@H](C(=O)O)[C@@H]3SC12CC3Br)c1ccc2ccccc2c1. The largest absolute Gasteiger partial charge is 0.481 e. The number of benzene rings is 2. The van der Waals surface area contributed by atoms with Gasteiger partial charge in [-0.25, -0.2) is 0 Å². The molecule has 0 radical (unpaired) electrons. The van der Waals surface area contributed by atoms with Gasteiger partial charge in [0, 0.05) is 22.3 Å². The summed E-state index contributed by atoms with van der Waals surface area (Å²) in [5.74, 6) is -3.32. The molecular weight excluding hydrogens is 544 g/mol. The molecule has 2 N–H and O–H groups in total. The van der Waals surface area contributed by atoms with Crippen molar-refractivity contribution >= 4 is 61.9 Å². The number of anilines is 1. The van der Waals surface area contributed by atoms with Gasteiger partial charge in [-0.15, -0.1) is 18.3 Å². The molecule has 3 heterocycles. The minimum Gasteiger partial charge on any atom is -0.481 e. The topological polar surface area (TPSA) is 98.2 Å². The molecule has 5 rings (SSSR count). The second-order valence-electron chi connectivity index (χ2n) is 9.76. The zero-order chi connectivity index (χ0) is 25.8. The molecular formula is C27H29BrN2O5S. The molecule has 2 aromatic rings. The van der Waals surface area contributed by atoms with Crippen LogP contribution in [-0.4, -0.2) is 73.0 Å². The van der Waals surface area contributed by atoms with Crippen LogP contribution in [0.3, 0.4) is 0 Å². The lowest BCUT2D eigenvalue weighted by atomic mass is 9.71. The third-order valence-corrected chi connectivity index (χ3v) is 11.2. The Morgan fingerprint density at radius 2 is 2.03 bits per heavy atom. The molecule has 7 atom stereocenters. The molecule has 3 unspecified atom stereocenters. The van der Waals surface area contributed by atoms with Crippen molar-refractivity contribution in [3.8, 4) is 0 Å². The van der Waals surface area contributed by atoms with Gasteiger partial charge < -0.3 is 20.0 Å². The number of aliphatic hydroxyl groups is 1. The van der Waals surface area contributed by atoms with Gasteiger partial charge in [0.25, 0.3) is 5.91 Å². The fraction of sp³-hybridized carbons (Fsp3) is 0.444. The maximum Gasteiger partial charge on any atom is 0.308 e. The van der Waals surface area contributed by atoms with Crippen LogP contribution in [0.1, 0.15) is 19.8 Å². The highest BCUT2D eigenvalue weighted by atomic mass is 79.9. The number of carbonyl (C=O) groups is 3. The van der Waals surface area contributed by atoms with Crippen molar-refractivity contribution in [1.82, 2.24) is 4.90 Å². The van der Waals surface area contributed by atoms with E-state index in [1.54, 1.807) is 11.0 Å². The number of alkyl halides is 1. The predicted octanol–water partition coefficient (Wildman–Crippen LogP) is 3.68. The molecule has 3 saturated heterocycles. The number of thioether (sulfide) groups is 1. The molecule has 9 heteroatoms. The van der Waals surface area contributed by atoms with Gasteiger partial charge in [0.05, 0.1) is 29.2 Å². The van der Waals surface area contributed by atoms with Gasteiger partial charge in [0.1, 0.15) is 6.04 Å². The van der Waals surface area contributed by atoms with E-state index in [0.29, 0.717) is 18.5 Å². The normalized spacial score (nSPS) is 31.5. The molecule has 2 amide bonds. The van der Waals surface area contributed by atoms with Gasteiger partial charge in [-0.05, 0) is 35.7 Å². The van der Waals surface area contributed by atoms with E-state index in [0.717, 1.165) is 10.8 Å². The molecule has 7 nitrogen and oxygen atoms in total. The Labute approximate surface area is 222 Å². The Balaban J connectivity index is 1.63. The molecule has 0 aromatic heterocycles. The molecule has 0 aliphatic carbocycles. The highest BCUT2D eigenvalue weighted by molar-refractivity contribution is 9.09. The lowest BCUT2D eigenvalue weighted by Gasteiger charge is -2.39. The summed E-state index contributed by atoms with van der Waals surface area (Å²) in [4.78, 5) is 43.7. The second kappa shape index (κ2) is 9.50. The number of carboxylic acids is 1. The van der Waals surface area contributed by atoms with Crippen LogP contribution in [0.15, 0.2) is 55.1 Å². The molecule has 3 aliphatic rings. The number of aliphatic carboxylic acids is 1. The predicted molar refractivity (Wildman–Crippen MR) is 144 cm³/mol. The smallest absolute Gasteiger partial charge is 0.308 e. The number of likely N-dealkylation sites (tertiary alicyclic amines) is 1. The van der Waals surface area contributed by atoms with E-state index in [1.807, 2.05) is 49.4 Å². The minimum atomic E-state index is -1.01. The first-order valence-electron chi connectivity index (χ1n) is 12.2. The molecule has 2 bridgehead atoms. The first kappa shape index (κ1) is 25.3. The van der Waals surface area contributed by atoms with Crippen LogP contribution in [-0.2, 0) is 14.4 Å². The Morgan fingerprint density at radius 1 is 1.31 bits per heavy atom. The number of carboxylic acid groups (broad SMARTS) is 1. The van der Waals surface area contributed by atoms with Crippen LogP contribution in [0.2, 0.25) is 0 Å². The average Bonchev–Trinajstić information content (AvgIpc) is 3.46. The number of nitrogens with zero attached hydrogens (tertiary/aromatic N) is 2. The maximum absolute atomic E-state index is 14.5. The van der Waals surface area contributed by atoms with Crippen molar-refractivity contribution in [1.29, 1.82) is 0 Å². The van der Waals surface area contributed by atoms with E-state index < -0.39 is 34.6 Å². The molecule has 3 fully saturated rings. The van der Waals surface area contributed by atoms with E-state index in [4.69, 9.17) is 0 Å². The third kappa shape index (κ3) is 3.62. The highest BCUT2D eigenvalue weighted by Gasteiger charge is 2.76. The van der Waals surface area contributed by atoms with Gasteiger partial charge in [-0.1, -0.05) is 59.3 Å². The van der Waals surface area contributed by atoms with Crippen LogP contribution in [0.4, 0.5) is 5.69 Å². The number of hydrogen-bond donors (Lipinski definition) is 2. The second-order valence-corrected chi connectivity index (χ2v) is 12.5. The Morgan fingerprint density at radius 3 is 2.67 bits per heavy atom. The van der Waals surface area contributed by atoms with Gasteiger partial charge in [0.15, 0.2) is 0 Å². The summed E-state index contributed by atoms with van der Waals surface area (Å²) < 4.78 is -0.880. The van der Waals surface area contributed by atoms with Crippen LogP contribution in [0.5, 0.6) is 0 Å². The number of fused-ring (bicyclic) bond motifs is 2. The van der Waals surface area contributed by atoms with Crippen molar-refractivity contribution in [3.05, 3.63) is 55.1 Å². The van der Waals surface area contributed by atoms with Gasteiger partial charge in [-0.2, -0.15) is 0 Å². The quantitative estimate of drug-likeness (QED) is 0.370. The Kier molecular flexibility index (Phi) is 6.68. The monoisotopic (exact) mass is 572 g/mol. The average molecular weight is 574 g/mol. The number of hydrogen-bond acceptors (Lipinski definition) is 5. The van der Waals surface area contributed by atoms with Crippen LogP contribution in [0, 0.1) is 11.8 Å². The van der Waals surface area contributed by atoms with Gasteiger partial charge in [-0.3, -0.25) is 14.4 Å². The molecule has 3 aliphatic heterocycles. The number of amides is 2. The Hall–Kier alpha value is -2.36. The van der Waals surface area contributed by atoms with Gasteiger partial charge in [0.2, 0.25) is 5.91 Å². The molecule has 0 saturated carbocycles. The Bertz CT molecular complexity index is 1240. The molecule has 1 spiro atoms. The van der Waals surface area contributed by atoms with Crippen LogP contribution in [0.25, 0.3) is 10.8 Å². The van der Waals surface area contributed by atoms with Crippen molar-refractivity contribution in [2.75, 3.05) is 18.1 Å². The van der Waals surface area contributed by atoms with E-state index in [1.165, 1.54) is 16.7 Å². The number of rotatable bonds is 8. The van der Waals surface area contributed by atoms with E-state index in [-0.39, 0.29) is 35.0 Å². The summed E-state index contributed by atoms with van der Waals surface area (Å²) >= 11 is 5.12. The fourth-order valence-corrected chi connectivity index (χ4v) is 9.97. The molecule has 190 valence electrons. The van der Waals surface area contributed by atoms with Crippen molar-refractivity contribution in [2.24, 2.45) is 11.8 Å². The molecule has 36 heavy (non-hydrogen) atoms. The summed E-state index contributed by atoms with van der Waals surface area (Å²) in [7, 11) is 0. The highest BCUT2D eigenvalue weighted by Crippen LogP contribution is 2.68. The van der Waals surface area contributed by atoms with Crippen LogP contribution < -0.4 is 4.90 Å². The summed E-state index contributed by atoms with van der Waals surface area (Å²) in [5.41, 5.74) is 0.686. The van der Waals surface area contributed by atoms with E-state index in [9.17, 15) is 24.6 Å². The van der Waals surface area contributed by atoms with Crippen molar-refractivity contribution in [2.45, 2.75) is 46.7 Å². The fourth-order valence-electron chi connectivity index (χ4n) is 6.38. The summed E-state index contributed by atoms with van der Waals surface area (Å²) in [6.45, 7) is 5.65. The third-order valence-electron chi connectivity index (χ3n) is 7.94. The summed E-state index contributed by atoms with van der Waals surface area (Å²) in [6, 6.07) is 12.2. The minimum absolute atomic E-state index is 0.120. The van der Waals surface area contributed by atoms with Crippen LogP contribution >= 0.6 is 27.7 Å². The lowest BCUT2D eigenvalue weighted by molar-refractivity contribution is -0.149. The summed E-state index contributed by atoms with van der Waals surface area (Å²) in [5, 5.41) is 22.0. The maximum atomic E-state index is 14.5. The number of carbonyl (C=O) groups excluding carboxylic acids is 2. The van der Waals surface area contributed by atoms with E-state index in [2.05, 4.69) is 22.5 Å². The standard InChI is InChI=1S/C27H29BrN2O5S/c1-3-11-29(18-10-9-15-7-5-6-8-16(15)12-18)25(33)23-27-13-19(28)22(36-27)20(26(34)35)21(27)24(32)30(23)17(4-2)14-31/h3,5-10,12,17,19-23,31H,1,4,11,13-14H2,2H3,(H,34,35)/t17-,19?,20+,21-,22+,23?,27?/m0/s1. The van der Waals surface area contributed by atoms with Crippen molar-refractivity contribution < 1.29 is 24.6 Å². The zero-order valence-electron chi connectivity index (χ0n) is 19.9. The first-order valence-corrected chi connectivity index (χ1v) is 14.0. The number of halogens is 1. The van der Waals surface area contributed by atoms with Crippen molar-refractivity contribution in [3.63, 3.8) is 0 Å². The van der Waals surface area contributed by atoms with Gasteiger partial charge >= 0.3 is 5.97 Å². The zero-order valence-corrected chi connectivity index (χ0v) is 22.3. The summed E-state index contributed by atoms with van der Waals surface area (Å²) in [6.07, 6.45) is 2.62.